The Hall–Kier alpha value is -3.49. The van der Waals surface area contributed by atoms with E-state index in [0.29, 0.717) is 49.3 Å². The number of amides is 1. The number of carbonyl (C=O) groups is 1. The number of hydrogen-bond acceptors (Lipinski definition) is 7. The molecular formula is C19H19FN6O2. The molecular weight excluding hydrogens is 363 g/mol. The van der Waals surface area contributed by atoms with Crippen molar-refractivity contribution in [2.45, 2.75) is 6.92 Å². The van der Waals surface area contributed by atoms with Crippen molar-refractivity contribution in [1.82, 2.24) is 20.3 Å². The lowest BCUT2D eigenvalue weighted by atomic mass is 10.2. The highest BCUT2D eigenvalue weighted by atomic mass is 19.1. The molecule has 3 heterocycles. The minimum absolute atomic E-state index is 0.190. The number of carbonyl (C=O) groups excluding carboxylic acids is 1. The van der Waals surface area contributed by atoms with Gasteiger partial charge in [0.05, 0.1) is 5.69 Å². The molecule has 0 unspecified atom stereocenters. The zero-order chi connectivity index (χ0) is 19.5. The second-order valence-corrected chi connectivity index (χ2v) is 6.48. The number of nitrogens with zero attached hydrogens (tertiary/aromatic N) is 5. The van der Waals surface area contributed by atoms with Gasteiger partial charge in [-0.05, 0) is 31.2 Å². The molecule has 0 aliphatic carbocycles. The van der Waals surface area contributed by atoms with Gasteiger partial charge in [0, 0.05) is 32.2 Å². The highest BCUT2D eigenvalue weighted by molar-refractivity contribution is 5.92. The van der Waals surface area contributed by atoms with Crippen LogP contribution in [0.25, 0.3) is 0 Å². The van der Waals surface area contributed by atoms with Crippen LogP contribution in [0.15, 0.2) is 47.0 Å². The summed E-state index contributed by atoms with van der Waals surface area (Å²) < 4.78 is 18.9. The normalized spacial score (nSPS) is 14.2. The minimum Gasteiger partial charge on any atom is -0.366 e. The van der Waals surface area contributed by atoms with Gasteiger partial charge < -0.3 is 19.6 Å². The van der Waals surface area contributed by atoms with Gasteiger partial charge in [-0.25, -0.2) is 4.39 Å². The summed E-state index contributed by atoms with van der Waals surface area (Å²) in [5.74, 6) is 1.23. The number of aryl methyl sites for hydroxylation is 1. The number of hydrogen-bond donors (Lipinski definition) is 1. The van der Waals surface area contributed by atoms with Crippen LogP contribution >= 0.6 is 0 Å². The van der Waals surface area contributed by atoms with E-state index in [1.807, 2.05) is 11.0 Å². The van der Waals surface area contributed by atoms with Crippen LogP contribution in [0.4, 0.5) is 21.7 Å². The molecule has 28 heavy (non-hydrogen) atoms. The Morgan fingerprint density at radius 2 is 1.86 bits per heavy atom. The molecule has 1 amide bonds. The Morgan fingerprint density at radius 3 is 2.50 bits per heavy atom. The molecule has 0 bridgehead atoms. The van der Waals surface area contributed by atoms with Crippen LogP contribution in [-0.2, 0) is 0 Å². The molecule has 144 valence electrons. The first-order valence-electron chi connectivity index (χ1n) is 8.93. The average molecular weight is 382 g/mol. The molecule has 1 N–H and O–H groups in total. The first-order valence-corrected chi connectivity index (χ1v) is 8.93. The quantitative estimate of drug-likeness (QED) is 0.742. The number of anilines is 3. The monoisotopic (exact) mass is 382 g/mol. The fourth-order valence-electron chi connectivity index (χ4n) is 3.09. The zero-order valence-corrected chi connectivity index (χ0v) is 15.3. The van der Waals surface area contributed by atoms with E-state index in [9.17, 15) is 9.18 Å². The lowest BCUT2D eigenvalue weighted by Crippen LogP contribution is -2.49. The molecule has 8 nitrogen and oxygen atoms in total. The van der Waals surface area contributed by atoms with Gasteiger partial charge >= 0.3 is 0 Å². The maximum atomic E-state index is 13.9. The fraction of sp³-hybridized carbons (Fsp3) is 0.263. The summed E-state index contributed by atoms with van der Waals surface area (Å²) in [6.07, 6.45) is 0. The number of piperazine rings is 1. The first kappa shape index (κ1) is 17.9. The summed E-state index contributed by atoms with van der Waals surface area (Å²) in [5, 5.41) is 14.8. The van der Waals surface area contributed by atoms with Crippen LogP contribution < -0.4 is 10.2 Å². The Kier molecular flexibility index (Phi) is 4.88. The number of rotatable bonds is 4. The van der Waals surface area contributed by atoms with E-state index in [2.05, 4.69) is 20.7 Å². The summed E-state index contributed by atoms with van der Waals surface area (Å²) in [6.45, 7) is 3.90. The summed E-state index contributed by atoms with van der Waals surface area (Å²) >= 11 is 0. The third-order valence-electron chi connectivity index (χ3n) is 4.53. The number of halogens is 1. The van der Waals surface area contributed by atoms with E-state index < -0.39 is 0 Å². The van der Waals surface area contributed by atoms with Gasteiger partial charge in [-0.2, -0.15) is 0 Å². The summed E-state index contributed by atoms with van der Waals surface area (Å²) in [6, 6.07) is 11.7. The lowest BCUT2D eigenvalue weighted by molar-refractivity contribution is 0.0739. The Morgan fingerprint density at radius 1 is 1.07 bits per heavy atom. The number of benzene rings is 1. The smallest absolute Gasteiger partial charge is 0.274 e. The van der Waals surface area contributed by atoms with E-state index in [4.69, 9.17) is 4.52 Å². The van der Waals surface area contributed by atoms with Crippen molar-refractivity contribution in [3.05, 3.63) is 59.7 Å². The van der Waals surface area contributed by atoms with Crippen molar-refractivity contribution >= 4 is 23.2 Å². The number of nitrogens with one attached hydrogen (secondary N) is 1. The van der Waals surface area contributed by atoms with Gasteiger partial charge in [0.25, 0.3) is 5.91 Å². The topological polar surface area (TPSA) is 87.4 Å². The Balaban J connectivity index is 1.36. The van der Waals surface area contributed by atoms with Gasteiger partial charge in [-0.15, -0.1) is 10.2 Å². The molecule has 9 heteroatoms. The maximum absolute atomic E-state index is 13.9. The molecule has 0 atom stereocenters. The minimum atomic E-state index is -0.251. The van der Waals surface area contributed by atoms with Crippen LogP contribution in [0, 0.1) is 12.7 Å². The number of para-hydroxylation sites is 1. The molecule has 0 spiro atoms. The van der Waals surface area contributed by atoms with Gasteiger partial charge in [-0.1, -0.05) is 17.3 Å². The molecule has 1 aliphatic heterocycles. The van der Waals surface area contributed by atoms with Crippen LogP contribution in [0.2, 0.25) is 0 Å². The summed E-state index contributed by atoms with van der Waals surface area (Å²) in [5.41, 5.74) is 0.828. The zero-order valence-electron chi connectivity index (χ0n) is 15.3. The molecule has 3 aromatic rings. The van der Waals surface area contributed by atoms with Gasteiger partial charge in [-0.3, -0.25) is 4.79 Å². The van der Waals surface area contributed by atoms with Crippen LogP contribution in [0.5, 0.6) is 0 Å². The lowest BCUT2D eigenvalue weighted by Gasteiger charge is -2.36. The van der Waals surface area contributed by atoms with E-state index in [0.717, 1.165) is 0 Å². The van der Waals surface area contributed by atoms with Crippen LogP contribution in [-0.4, -0.2) is 52.3 Å². The van der Waals surface area contributed by atoms with Crippen molar-refractivity contribution in [3.8, 4) is 0 Å². The van der Waals surface area contributed by atoms with Crippen molar-refractivity contribution in [3.63, 3.8) is 0 Å². The van der Waals surface area contributed by atoms with Crippen molar-refractivity contribution in [2.75, 3.05) is 36.4 Å². The van der Waals surface area contributed by atoms with Crippen molar-refractivity contribution in [1.29, 1.82) is 0 Å². The first-order chi connectivity index (χ1) is 13.6. The van der Waals surface area contributed by atoms with Crippen LogP contribution in [0.1, 0.15) is 16.2 Å². The van der Waals surface area contributed by atoms with Crippen molar-refractivity contribution < 1.29 is 13.7 Å². The second kappa shape index (κ2) is 7.63. The fourth-order valence-corrected chi connectivity index (χ4v) is 3.09. The molecule has 1 saturated heterocycles. The van der Waals surface area contributed by atoms with E-state index in [1.54, 1.807) is 42.2 Å². The van der Waals surface area contributed by atoms with Crippen LogP contribution in [0.3, 0.4) is 0 Å². The Bertz CT molecular complexity index is 967. The molecule has 0 radical (unpaired) electrons. The maximum Gasteiger partial charge on any atom is 0.274 e. The average Bonchev–Trinajstić information content (AvgIpc) is 3.13. The summed E-state index contributed by atoms with van der Waals surface area (Å²) in [7, 11) is 0. The van der Waals surface area contributed by atoms with Crippen molar-refractivity contribution in [2.24, 2.45) is 0 Å². The SMILES string of the molecule is Cc1cc(Nc2ccc(C(=O)N3CCN(c4ccccc4F)CC3)nn2)no1. The van der Waals surface area contributed by atoms with Gasteiger partial charge in [0.2, 0.25) is 0 Å². The second-order valence-electron chi connectivity index (χ2n) is 6.48. The standard InChI is InChI=1S/C19H19FN6O2/c1-13-12-18(24-28-13)21-17-7-6-15(22-23-17)19(27)26-10-8-25(9-11-26)16-5-3-2-4-14(16)20/h2-7,12H,8-11H2,1H3,(H,21,23,24). The molecule has 0 saturated carbocycles. The predicted molar refractivity (Wildman–Crippen MR) is 101 cm³/mol. The molecule has 4 rings (SSSR count). The highest BCUT2D eigenvalue weighted by Gasteiger charge is 2.24. The third kappa shape index (κ3) is 3.78. The Labute approximate surface area is 160 Å². The molecule has 1 fully saturated rings. The van der Waals surface area contributed by atoms with E-state index >= 15 is 0 Å². The predicted octanol–water partition coefficient (Wildman–Crippen LogP) is 2.62. The van der Waals surface area contributed by atoms with E-state index in [-0.39, 0.29) is 17.4 Å². The molecule has 1 aromatic carbocycles. The number of aromatic nitrogens is 3. The van der Waals surface area contributed by atoms with Gasteiger partial charge in [0.1, 0.15) is 11.6 Å². The summed E-state index contributed by atoms with van der Waals surface area (Å²) in [4.78, 5) is 16.3. The van der Waals surface area contributed by atoms with E-state index in [1.165, 1.54) is 6.07 Å². The highest BCUT2D eigenvalue weighted by Crippen LogP contribution is 2.21. The third-order valence-corrected chi connectivity index (χ3v) is 4.53. The molecule has 2 aromatic heterocycles. The largest absolute Gasteiger partial charge is 0.366 e. The van der Waals surface area contributed by atoms with Gasteiger partial charge in [0.15, 0.2) is 17.3 Å². The molecule has 1 aliphatic rings.